The number of likely N-dealkylation sites (tertiary alicyclic amines) is 1. The summed E-state index contributed by atoms with van der Waals surface area (Å²) in [6, 6.07) is 4.93. The van der Waals surface area contributed by atoms with E-state index in [0.29, 0.717) is 23.8 Å². The van der Waals surface area contributed by atoms with Crippen LogP contribution in [0, 0.1) is 17.8 Å². The van der Waals surface area contributed by atoms with Crippen molar-refractivity contribution in [2.24, 2.45) is 22.7 Å². The Bertz CT molecular complexity index is 561. The smallest absolute Gasteiger partial charge is 0.191 e. The summed E-state index contributed by atoms with van der Waals surface area (Å²) in [7, 11) is 2.25. The summed E-state index contributed by atoms with van der Waals surface area (Å²) in [6.07, 6.45) is 4.44. The van der Waals surface area contributed by atoms with Gasteiger partial charge in [-0.05, 0) is 75.4 Å². The van der Waals surface area contributed by atoms with Gasteiger partial charge < -0.3 is 15.7 Å². The maximum absolute atomic E-state index is 9.35. The van der Waals surface area contributed by atoms with E-state index in [0.717, 1.165) is 38.4 Å². The third kappa shape index (κ3) is 7.37. The second kappa shape index (κ2) is 12.5. The number of hydrogen-bond acceptors (Lipinski definition) is 4. The first-order valence-corrected chi connectivity index (χ1v) is 11.8. The molecular weight excluding hydrogens is 368 g/mol. The lowest BCUT2D eigenvalue weighted by Gasteiger charge is -2.39. The van der Waals surface area contributed by atoms with Crippen molar-refractivity contribution in [2.75, 3.05) is 39.8 Å². The van der Waals surface area contributed by atoms with Gasteiger partial charge in [0.05, 0.1) is 0 Å². The number of nitrogens with one attached hydrogen (secondary N) is 2. The first kappa shape index (κ1) is 23.2. The zero-order valence-electron chi connectivity index (χ0n) is 18.2. The zero-order valence-corrected chi connectivity index (χ0v) is 19.0. The van der Waals surface area contributed by atoms with E-state index in [2.05, 4.69) is 60.9 Å². The average molecular weight is 409 g/mol. The second-order valence-electron chi connectivity index (χ2n) is 8.45. The molecule has 2 rings (SSSR count). The molecule has 1 aliphatic heterocycles. The van der Waals surface area contributed by atoms with E-state index < -0.39 is 0 Å². The van der Waals surface area contributed by atoms with Gasteiger partial charge in [0.25, 0.3) is 0 Å². The van der Waals surface area contributed by atoms with Crippen molar-refractivity contribution in [1.29, 1.82) is 0 Å². The van der Waals surface area contributed by atoms with Gasteiger partial charge in [0, 0.05) is 37.2 Å². The van der Waals surface area contributed by atoms with Crippen molar-refractivity contribution in [3.05, 3.63) is 22.4 Å². The predicted molar refractivity (Wildman–Crippen MR) is 121 cm³/mol. The third-order valence-electron chi connectivity index (χ3n) is 5.57. The van der Waals surface area contributed by atoms with Gasteiger partial charge in [-0.1, -0.05) is 19.9 Å². The third-order valence-corrected chi connectivity index (χ3v) is 6.51. The lowest BCUT2D eigenvalue weighted by atomic mass is 9.88. The van der Waals surface area contributed by atoms with E-state index >= 15 is 0 Å². The van der Waals surface area contributed by atoms with Crippen molar-refractivity contribution >= 4 is 17.3 Å². The molecule has 0 saturated carbocycles. The highest BCUT2D eigenvalue weighted by molar-refractivity contribution is 7.10. The Hall–Kier alpha value is -1.11. The van der Waals surface area contributed by atoms with Crippen LogP contribution in [0.3, 0.4) is 0 Å². The molecule has 1 saturated heterocycles. The van der Waals surface area contributed by atoms with Crippen LogP contribution in [0.4, 0.5) is 0 Å². The van der Waals surface area contributed by atoms with Crippen LogP contribution in [-0.2, 0) is 0 Å². The average Bonchev–Trinajstić information content (AvgIpc) is 3.17. The first-order chi connectivity index (χ1) is 13.5. The molecule has 0 aliphatic carbocycles. The minimum Gasteiger partial charge on any atom is -0.396 e. The van der Waals surface area contributed by atoms with Crippen LogP contribution in [0.2, 0.25) is 0 Å². The summed E-state index contributed by atoms with van der Waals surface area (Å²) in [4.78, 5) is 8.82. The highest BCUT2D eigenvalue weighted by Gasteiger charge is 2.31. The number of thiophene rings is 1. The van der Waals surface area contributed by atoms with Crippen molar-refractivity contribution in [3.8, 4) is 0 Å². The first-order valence-electron chi connectivity index (χ1n) is 10.9. The summed E-state index contributed by atoms with van der Waals surface area (Å²) < 4.78 is 0. The Balaban J connectivity index is 1.98. The van der Waals surface area contributed by atoms with E-state index in [9.17, 15) is 5.11 Å². The van der Waals surface area contributed by atoms with Gasteiger partial charge in [0.2, 0.25) is 0 Å². The van der Waals surface area contributed by atoms with Gasteiger partial charge in [-0.25, -0.2) is 0 Å². The summed E-state index contributed by atoms with van der Waals surface area (Å²) in [5.41, 5.74) is 0. The molecule has 3 unspecified atom stereocenters. The van der Waals surface area contributed by atoms with Gasteiger partial charge in [0.15, 0.2) is 5.96 Å². The quantitative estimate of drug-likeness (QED) is 0.408. The van der Waals surface area contributed by atoms with Crippen molar-refractivity contribution < 1.29 is 5.11 Å². The molecule has 0 bridgehead atoms. The molecule has 1 aromatic heterocycles. The molecule has 160 valence electrons. The summed E-state index contributed by atoms with van der Waals surface area (Å²) in [6.45, 7) is 10.6. The second-order valence-corrected chi connectivity index (χ2v) is 9.43. The number of rotatable bonds is 10. The molecule has 0 radical (unpaired) electrons. The van der Waals surface area contributed by atoms with Crippen molar-refractivity contribution in [3.63, 3.8) is 0 Å². The molecule has 3 atom stereocenters. The Labute approximate surface area is 175 Å². The molecule has 0 amide bonds. The lowest BCUT2D eigenvalue weighted by Crippen LogP contribution is -2.45. The maximum Gasteiger partial charge on any atom is 0.191 e. The van der Waals surface area contributed by atoms with Gasteiger partial charge in [-0.3, -0.25) is 9.89 Å². The number of aliphatic hydroxyl groups excluding tert-OH is 1. The minimum atomic E-state index is 0.244. The van der Waals surface area contributed by atoms with E-state index in [1.807, 2.05) is 11.3 Å². The van der Waals surface area contributed by atoms with Crippen LogP contribution in [-0.4, -0.2) is 55.8 Å². The number of aliphatic imine (C=N–C) groups is 1. The van der Waals surface area contributed by atoms with Crippen LogP contribution >= 0.6 is 11.3 Å². The molecule has 28 heavy (non-hydrogen) atoms. The van der Waals surface area contributed by atoms with Crippen LogP contribution < -0.4 is 10.6 Å². The summed E-state index contributed by atoms with van der Waals surface area (Å²) in [5.74, 6) is 2.57. The predicted octanol–water partition coefficient (Wildman–Crippen LogP) is 3.73. The minimum absolute atomic E-state index is 0.244. The molecule has 3 N–H and O–H groups in total. The van der Waals surface area contributed by atoms with E-state index in [1.54, 1.807) is 0 Å². The van der Waals surface area contributed by atoms with Crippen LogP contribution in [0.5, 0.6) is 0 Å². The zero-order chi connectivity index (χ0) is 20.4. The molecule has 6 heteroatoms. The van der Waals surface area contributed by atoms with Gasteiger partial charge >= 0.3 is 0 Å². The molecule has 2 heterocycles. The van der Waals surface area contributed by atoms with Crippen LogP contribution in [0.1, 0.15) is 57.4 Å². The fraction of sp³-hybridized carbons (Fsp3) is 0.773. The topological polar surface area (TPSA) is 59.9 Å². The Morgan fingerprint density at radius 1 is 1.39 bits per heavy atom. The number of nitrogens with zero attached hydrogens (tertiary/aromatic N) is 2. The largest absolute Gasteiger partial charge is 0.396 e. The number of piperidine rings is 1. The van der Waals surface area contributed by atoms with Gasteiger partial charge in [-0.2, -0.15) is 0 Å². The summed E-state index contributed by atoms with van der Waals surface area (Å²) in [5, 5.41) is 18.5. The maximum atomic E-state index is 9.35. The normalized spacial score (nSPS) is 22.4. The van der Waals surface area contributed by atoms with Crippen molar-refractivity contribution in [1.82, 2.24) is 15.5 Å². The van der Waals surface area contributed by atoms with E-state index in [-0.39, 0.29) is 6.61 Å². The number of aliphatic hydroxyl groups is 1. The Kier molecular flexibility index (Phi) is 10.3. The molecule has 1 aromatic rings. The molecular formula is C22H40N4OS. The van der Waals surface area contributed by atoms with Crippen LogP contribution in [0.25, 0.3) is 0 Å². The number of hydrogen-bond donors (Lipinski definition) is 3. The van der Waals surface area contributed by atoms with Crippen LogP contribution in [0.15, 0.2) is 22.5 Å². The molecule has 0 aromatic carbocycles. The highest BCUT2D eigenvalue weighted by atomic mass is 32.1. The Morgan fingerprint density at radius 2 is 2.21 bits per heavy atom. The van der Waals surface area contributed by atoms with Gasteiger partial charge in [0.1, 0.15) is 0 Å². The standard InChI is InChI=1S/C22H40N4OS/c1-5-23-22(24-15-18(10-12-27)14-17(2)3)25-16-19-8-6-11-26(4)21(19)20-9-7-13-28-20/h7,9,13,17-19,21,27H,5-6,8,10-12,14-16H2,1-4H3,(H2,23,24,25). The Morgan fingerprint density at radius 3 is 2.86 bits per heavy atom. The fourth-order valence-corrected chi connectivity index (χ4v) is 5.29. The van der Waals surface area contributed by atoms with E-state index in [1.165, 1.54) is 24.3 Å². The fourth-order valence-electron chi connectivity index (χ4n) is 4.31. The summed E-state index contributed by atoms with van der Waals surface area (Å²) >= 11 is 1.87. The monoisotopic (exact) mass is 408 g/mol. The lowest BCUT2D eigenvalue weighted by molar-refractivity contribution is 0.125. The van der Waals surface area contributed by atoms with Crippen molar-refractivity contribution in [2.45, 2.75) is 52.5 Å². The van der Waals surface area contributed by atoms with E-state index in [4.69, 9.17) is 4.99 Å². The highest BCUT2D eigenvalue weighted by Crippen LogP contribution is 2.36. The van der Waals surface area contributed by atoms with Gasteiger partial charge in [-0.15, -0.1) is 11.3 Å². The molecule has 1 aliphatic rings. The number of guanidine groups is 1. The molecule has 1 fully saturated rings. The SMILES string of the molecule is CCNC(=NCC(CCO)CC(C)C)NCC1CCCN(C)C1c1cccs1. The molecule has 0 spiro atoms. The molecule has 5 nitrogen and oxygen atoms in total.